The van der Waals surface area contributed by atoms with Crippen molar-refractivity contribution in [2.24, 2.45) is 0 Å². The van der Waals surface area contributed by atoms with Crippen molar-refractivity contribution in [2.45, 2.75) is 31.7 Å². The molecule has 0 heterocycles. The zero-order valence-corrected chi connectivity index (χ0v) is 11.1. The lowest BCUT2D eigenvalue weighted by Gasteiger charge is -2.26. The van der Waals surface area contributed by atoms with Crippen molar-refractivity contribution in [3.8, 4) is 6.07 Å². The van der Waals surface area contributed by atoms with E-state index in [2.05, 4.69) is 0 Å². The Balaban J connectivity index is 2.68. The van der Waals surface area contributed by atoms with E-state index in [4.69, 9.17) is 10.4 Å². The van der Waals surface area contributed by atoms with Gasteiger partial charge in [-0.25, -0.2) is 0 Å². The average molecular weight is 275 g/mol. The summed E-state index contributed by atoms with van der Waals surface area (Å²) in [6, 6.07) is 1.89. The molecule has 1 aliphatic carbocycles. The zero-order valence-electron chi connectivity index (χ0n) is 10.2. The molecule has 102 valence electrons. The van der Waals surface area contributed by atoms with Crippen LogP contribution in [0.5, 0.6) is 0 Å². The van der Waals surface area contributed by atoms with Crippen molar-refractivity contribution in [1.29, 1.82) is 5.26 Å². The van der Waals surface area contributed by atoms with E-state index in [1.807, 2.05) is 6.07 Å². The molecule has 0 aliphatic heterocycles. The van der Waals surface area contributed by atoms with Crippen molar-refractivity contribution < 1.29 is 18.3 Å². The van der Waals surface area contributed by atoms with Crippen LogP contribution in [0.3, 0.4) is 0 Å². The topological polar surface area (TPSA) is 102 Å². The number of nitrogens with zero attached hydrogens (tertiary/aromatic N) is 3. The van der Waals surface area contributed by atoms with Gasteiger partial charge in [0, 0.05) is 32.6 Å². The van der Waals surface area contributed by atoms with Crippen molar-refractivity contribution in [3.63, 3.8) is 0 Å². The molecular formula is C10H17N3O4S. The van der Waals surface area contributed by atoms with Gasteiger partial charge >= 0.3 is 5.97 Å². The Morgan fingerprint density at radius 1 is 1.44 bits per heavy atom. The van der Waals surface area contributed by atoms with Crippen LogP contribution in [-0.4, -0.2) is 54.3 Å². The van der Waals surface area contributed by atoms with Gasteiger partial charge in [0.2, 0.25) is 0 Å². The SMILES string of the molecule is CN(CCC(=O)O)S(=O)(=O)N(CCC#N)C1CC1. The van der Waals surface area contributed by atoms with Gasteiger partial charge in [0.05, 0.1) is 12.5 Å². The number of carbonyl (C=O) groups is 1. The molecule has 0 amide bonds. The first-order valence-corrected chi connectivity index (χ1v) is 7.11. The Labute approximate surface area is 107 Å². The second-order valence-corrected chi connectivity index (χ2v) is 6.21. The fourth-order valence-corrected chi connectivity index (χ4v) is 3.15. The molecule has 1 fully saturated rings. The summed E-state index contributed by atoms with van der Waals surface area (Å²) in [5, 5.41) is 17.1. The number of carboxylic acids is 1. The molecule has 0 atom stereocenters. The molecule has 1 saturated carbocycles. The number of rotatable bonds is 8. The minimum atomic E-state index is -3.65. The minimum Gasteiger partial charge on any atom is -0.481 e. The van der Waals surface area contributed by atoms with Gasteiger partial charge in [-0.15, -0.1) is 0 Å². The molecule has 0 bridgehead atoms. The Morgan fingerprint density at radius 3 is 2.50 bits per heavy atom. The summed E-state index contributed by atoms with van der Waals surface area (Å²) in [4.78, 5) is 10.4. The van der Waals surface area contributed by atoms with Crippen LogP contribution < -0.4 is 0 Å². The summed E-state index contributed by atoms with van der Waals surface area (Å²) in [6.07, 6.45) is 1.52. The summed E-state index contributed by atoms with van der Waals surface area (Å²) in [5.41, 5.74) is 0. The Hall–Kier alpha value is -1.17. The van der Waals surface area contributed by atoms with E-state index in [1.165, 1.54) is 11.4 Å². The van der Waals surface area contributed by atoms with E-state index in [1.54, 1.807) is 0 Å². The molecule has 1 N–H and O–H groups in total. The summed E-state index contributed by atoms with van der Waals surface area (Å²) in [5.74, 6) is -1.04. The van der Waals surface area contributed by atoms with Crippen LogP contribution in [0.1, 0.15) is 25.7 Å². The molecule has 1 aliphatic rings. The Morgan fingerprint density at radius 2 is 2.06 bits per heavy atom. The molecule has 8 heteroatoms. The van der Waals surface area contributed by atoms with Gasteiger partial charge in [-0.1, -0.05) is 0 Å². The second-order valence-electron chi connectivity index (χ2n) is 4.22. The third-order valence-corrected chi connectivity index (χ3v) is 4.77. The molecule has 7 nitrogen and oxygen atoms in total. The number of aliphatic carboxylic acids is 1. The number of hydrogen-bond donors (Lipinski definition) is 1. The molecule has 1 rings (SSSR count). The smallest absolute Gasteiger partial charge is 0.304 e. The summed E-state index contributed by atoms with van der Waals surface area (Å²) in [6.45, 7) is 0.106. The third-order valence-electron chi connectivity index (χ3n) is 2.73. The van der Waals surface area contributed by atoms with E-state index in [-0.39, 0.29) is 32.0 Å². The predicted molar refractivity (Wildman–Crippen MR) is 63.8 cm³/mol. The number of hydrogen-bond acceptors (Lipinski definition) is 4. The van der Waals surface area contributed by atoms with Crippen LogP contribution in [-0.2, 0) is 15.0 Å². The number of nitriles is 1. The molecule has 0 radical (unpaired) electrons. The first kappa shape index (κ1) is 14.9. The molecule has 0 aromatic carbocycles. The molecule has 0 saturated heterocycles. The summed E-state index contributed by atoms with van der Waals surface area (Å²) in [7, 11) is -2.29. The number of carboxylic acid groups (broad SMARTS) is 1. The van der Waals surface area contributed by atoms with E-state index < -0.39 is 16.2 Å². The van der Waals surface area contributed by atoms with Crippen LogP contribution in [0, 0.1) is 11.3 Å². The Kier molecular flexibility index (Phi) is 5.07. The highest BCUT2D eigenvalue weighted by atomic mass is 32.2. The normalized spacial score (nSPS) is 15.9. The minimum absolute atomic E-state index is 0.0318. The van der Waals surface area contributed by atoms with E-state index in [0.29, 0.717) is 0 Å². The largest absolute Gasteiger partial charge is 0.481 e. The maximum Gasteiger partial charge on any atom is 0.304 e. The van der Waals surface area contributed by atoms with E-state index in [9.17, 15) is 13.2 Å². The highest BCUT2D eigenvalue weighted by Crippen LogP contribution is 2.30. The van der Waals surface area contributed by atoms with Crippen molar-refractivity contribution in [1.82, 2.24) is 8.61 Å². The van der Waals surface area contributed by atoms with Crippen molar-refractivity contribution >= 4 is 16.2 Å². The Bertz CT molecular complexity index is 439. The zero-order chi connectivity index (χ0) is 13.8. The lowest BCUT2D eigenvalue weighted by molar-refractivity contribution is -0.137. The van der Waals surface area contributed by atoms with Crippen LogP contribution in [0.15, 0.2) is 0 Å². The van der Waals surface area contributed by atoms with Gasteiger partial charge in [-0.3, -0.25) is 4.79 Å². The molecule has 18 heavy (non-hydrogen) atoms. The van der Waals surface area contributed by atoms with Crippen LogP contribution in [0.25, 0.3) is 0 Å². The molecule has 0 aromatic rings. The molecular weight excluding hydrogens is 258 g/mol. The van der Waals surface area contributed by atoms with Crippen LogP contribution in [0.2, 0.25) is 0 Å². The fraction of sp³-hybridized carbons (Fsp3) is 0.800. The third kappa shape index (κ3) is 3.94. The predicted octanol–water partition coefficient (Wildman–Crippen LogP) is 0.0158. The van der Waals surface area contributed by atoms with Crippen molar-refractivity contribution in [2.75, 3.05) is 20.1 Å². The summed E-state index contributed by atoms with van der Waals surface area (Å²) >= 11 is 0. The highest BCUT2D eigenvalue weighted by Gasteiger charge is 2.38. The molecule has 0 spiro atoms. The second kappa shape index (κ2) is 6.13. The van der Waals surface area contributed by atoms with Gasteiger partial charge < -0.3 is 5.11 Å². The molecule has 0 aromatic heterocycles. The average Bonchev–Trinajstić information content (AvgIpc) is 3.10. The van der Waals surface area contributed by atoms with Crippen LogP contribution in [0.4, 0.5) is 0 Å². The van der Waals surface area contributed by atoms with Crippen LogP contribution >= 0.6 is 0 Å². The summed E-state index contributed by atoms with van der Waals surface area (Å²) < 4.78 is 26.7. The monoisotopic (exact) mass is 275 g/mol. The van der Waals surface area contributed by atoms with E-state index in [0.717, 1.165) is 17.1 Å². The highest BCUT2D eigenvalue weighted by molar-refractivity contribution is 7.86. The lowest BCUT2D eigenvalue weighted by Crippen LogP contribution is -2.44. The van der Waals surface area contributed by atoms with Gasteiger partial charge in [0.1, 0.15) is 0 Å². The maximum absolute atomic E-state index is 12.2. The first-order chi connectivity index (χ1) is 8.39. The first-order valence-electron chi connectivity index (χ1n) is 5.71. The van der Waals surface area contributed by atoms with Gasteiger partial charge in [0.15, 0.2) is 0 Å². The van der Waals surface area contributed by atoms with Crippen molar-refractivity contribution in [3.05, 3.63) is 0 Å². The standard InChI is InChI=1S/C10H17N3O4S/c1-12(8-5-10(14)15)18(16,17)13(7-2-6-11)9-3-4-9/h9H,2-5,7-8H2,1H3,(H,14,15). The lowest BCUT2D eigenvalue weighted by atomic mass is 10.4. The quantitative estimate of drug-likeness (QED) is 0.672. The van der Waals surface area contributed by atoms with Gasteiger partial charge in [-0.2, -0.15) is 22.3 Å². The molecule has 0 unspecified atom stereocenters. The fourth-order valence-electron chi connectivity index (χ4n) is 1.56. The maximum atomic E-state index is 12.2. The van der Waals surface area contributed by atoms with Gasteiger partial charge in [-0.05, 0) is 12.8 Å². The van der Waals surface area contributed by atoms with Gasteiger partial charge in [0.25, 0.3) is 10.2 Å². The van der Waals surface area contributed by atoms with E-state index >= 15 is 0 Å².